The van der Waals surface area contributed by atoms with E-state index in [4.69, 9.17) is 0 Å². The first kappa shape index (κ1) is 14.0. The van der Waals surface area contributed by atoms with Crippen LogP contribution in [0.1, 0.15) is 13.3 Å². The SMILES string of the molecule is CC1CCN(C)C(CO)C(=O)N1c1ccccc1F. The number of rotatable bonds is 2. The van der Waals surface area contributed by atoms with Gasteiger partial charge in [-0.15, -0.1) is 0 Å². The van der Waals surface area contributed by atoms with Crippen LogP contribution in [-0.2, 0) is 4.79 Å². The fourth-order valence-corrected chi connectivity index (χ4v) is 2.46. The Morgan fingerprint density at radius 1 is 1.42 bits per heavy atom. The van der Waals surface area contributed by atoms with Crippen LogP contribution >= 0.6 is 0 Å². The van der Waals surface area contributed by atoms with Gasteiger partial charge in [-0.05, 0) is 32.5 Å². The van der Waals surface area contributed by atoms with Gasteiger partial charge < -0.3 is 10.0 Å². The summed E-state index contributed by atoms with van der Waals surface area (Å²) in [7, 11) is 1.80. The van der Waals surface area contributed by atoms with Crippen LogP contribution in [0.3, 0.4) is 0 Å². The number of likely N-dealkylation sites (N-methyl/N-ethyl adjacent to an activating group) is 1. The van der Waals surface area contributed by atoms with Gasteiger partial charge in [-0.1, -0.05) is 12.1 Å². The molecule has 104 valence electrons. The van der Waals surface area contributed by atoms with E-state index in [-0.39, 0.29) is 24.2 Å². The minimum absolute atomic E-state index is 0.0941. The van der Waals surface area contributed by atoms with Crippen LogP contribution in [0.25, 0.3) is 0 Å². The molecule has 0 aliphatic carbocycles. The van der Waals surface area contributed by atoms with Crippen molar-refractivity contribution in [3.05, 3.63) is 30.1 Å². The number of amides is 1. The van der Waals surface area contributed by atoms with E-state index < -0.39 is 11.9 Å². The quantitative estimate of drug-likeness (QED) is 0.876. The van der Waals surface area contributed by atoms with E-state index in [0.717, 1.165) is 6.42 Å². The maximum Gasteiger partial charge on any atom is 0.247 e. The molecule has 1 aromatic rings. The standard InChI is InChI=1S/C14H19FN2O2/c1-10-7-8-16(2)13(9-18)14(19)17(10)12-6-4-3-5-11(12)15/h3-6,10,13,18H,7-9H2,1-2H3. The third-order valence-electron chi connectivity index (χ3n) is 3.68. The zero-order valence-electron chi connectivity index (χ0n) is 11.2. The fourth-order valence-electron chi connectivity index (χ4n) is 2.46. The number of hydrogen-bond donors (Lipinski definition) is 1. The summed E-state index contributed by atoms with van der Waals surface area (Å²) in [4.78, 5) is 15.8. The van der Waals surface area contributed by atoms with Gasteiger partial charge in [-0.2, -0.15) is 0 Å². The average molecular weight is 266 g/mol. The Balaban J connectivity index is 2.41. The molecule has 1 N–H and O–H groups in total. The number of para-hydroxylation sites is 1. The summed E-state index contributed by atoms with van der Waals surface area (Å²) >= 11 is 0. The first-order valence-electron chi connectivity index (χ1n) is 6.45. The van der Waals surface area contributed by atoms with Crippen LogP contribution < -0.4 is 4.90 Å². The Hall–Kier alpha value is -1.46. The minimum atomic E-state index is -0.607. The van der Waals surface area contributed by atoms with E-state index in [1.165, 1.54) is 11.0 Å². The normalized spacial score (nSPS) is 25.5. The van der Waals surface area contributed by atoms with E-state index in [0.29, 0.717) is 6.54 Å². The van der Waals surface area contributed by atoms with Crippen LogP contribution in [0.5, 0.6) is 0 Å². The molecule has 1 aliphatic heterocycles. The number of aliphatic hydroxyl groups excluding tert-OH is 1. The summed E-state index contributed by atoms with van der Waals surface area (Å²) in [5.41, 5.74) is 0.286. The van der Waals surface area contributed by atoms with E-state index in [2.05, 4.69) is 0 Å². The number of aliphatic hydroxyl groups is 1. The maximum atomic E-state index is 13.9. The van der Waals surface area contributed by atoms with Gasteiger partial charge >= 0.3 is 0 Å². The first-order valence-corrected chi connectivity index (χ1v) is 6.45. The molecule has 1 amide bonds. The van der Waals surface area contributed by atoms with Crippen molar-refractivity contribution in [2.75, 3.05) is 25.1 Å². The molecule has 19 heavy (non-hydrogen) atoms. The minimum Gasteiger partial charge on any atom is -0.394 e. The molecule has 4 nitrogen and oxygen atoms in total. The second-order valence-electron chi connectivity index (χ2n) is 4.98. The lowest BCUT2D eigenvalue weighted by Crippen LogP contribution is -2.48. The van der Waals surface area contributed by atoms with Crippen LogP contribution in [-0.4, -0.2) is 48.2 Å². The molecule has 0 radical (unpaired) electrons. The lowest BCUT2D eigenvalue weighted by Gasteiger charge is -2.30. The molecular formula is C14H19FN2O2. The van der Waals surface area contributed by atoms with Crippen LogP contribution in [0.2, 0.25) is 0 Å². The highest BCUT2D eigenvalue weighted by molar-refractivity contribution is 5.98. The lowest BCUT2D eigenvalue weighted by atomic mass is 10.1. The van der Waals surface area contributed by atoms with Gasteiger partial charge in [0.1, 0.15) is 11.9 Å². The number of carbonyl (C=O) groups is 1. The van der Waals surface area contributed by atoms with Crippen molar-refractivity contribution in [2.45, 2.75) is 25.4 Å². The van der Waals surface area contributed by atoms with Gasteiger partial charge in [0.2, 0.25) is 5.91 Å². The molecule has 1 aromatic carbocycles. The Kier molecular flexibility index (Phi) is 4.17. The largest absolute Gasteiger partial charge is 0.394 e. The fraction of sp³-hybridized carbons (Fsp3) is 0.500. The summed E-state index contributed by atoms with van der Waals surface area (Å²) in [6, 6.07) is 5.55. The van der Waals surface area contributed by atoms with Gasteiger partial charge in [0.15, 0.2) is 0 Å². The molecule has 0 bridgehead atoms. The zero-order valence-corrected chi connectivity index (χ0v) is 11.2. The summed E-state index contributed by atoms with van der Waals surface area (Å²) < 4.78 is 13.9. The molecule has 0 saturated carbocycles. The summed E-state index contributed by atoms with van der Waals surface area (Å²) in [6.45, 7) is 2.34. The van der Waals surface area contributed by atoms with Crippen LogP contribution in [0.15, 0.2) is 24.3 Å². The van der Waals surface area contributed by atoms with Crippen LogP contribution in [0, 0.1) is 5.82 Å². The average Bonchev–Trinajstić information content (AvgIpc) is 2.49. The Morgan fingerprint density at radius 3 is 2.74 bits per heavy atom. The van der Waals surface area contributed by atoms with Gasteiger partial charge in [-0.3, -0.25) is 9.69 Å². The third kappa shape index (κ3) is 2.62. The summed E-state index contributed by atoms with van der Waals surface area (Å²) in [5.74, 6) is -0.663. The highest BCUT2D eigenvalue weighted by Gasteiger charge is 2.35. The van der Waals surface area contributed by atoms with Crippen molar-refractivity contribution >= 4 is 11.6 Å². The highest BCUT2D eigenvalue weighted by atomic mass is 19.1. The van der Waals surface area contributed by atoms with Crippen molar-refractivity contribution in [3.8, 4) is 0 Å². The molecule has 2 unspecified atom stereocenters. The maximum absolute atomic E-state index is 13.9. The molecule has 0 spiro atoms. The van der Waals surface area contributed by atoms with Gasteiger partial charge in [0, 0.05) is 12.6 Å². The number of halogens is 1. The second kappa shape index (κ2) is 5.67. The molecule has 0 aromatic heterocycles. The lowest BCUT2D eigenvalue weighted by molar-refractivity contribution is -0.124. The Morgan fingerprint density at radius 2 is 2.11 bits per heavy atom. The molecule has 1 aliphatic rings. The second-order valence-corrected chi connectivity index (χ2v) is 4.98. The number of hydrogen-bond acceptors (Lipinski definition) is 3. The van der Waals surface area contributed by atoms with E-state index in [9.17, 15) is 14.3 Å². The number of anilines is 1. The predicted octanol–water partition coefficient (Wildman–Crippen LogP) is 1.24. The number of nitrogens with zero attached hydrogens (tertiary/aromatic N) is 2. The van der Waals surface area contributed by atoms with Crippen molar-refractivity contribution in [2.24, 2.45) is 0 Å². The number of carbonyl (C=O) groups excluding carboxylic acids is 1. The van der Waals surface area contributed by atoms with E-state index in [1.807, 2.05) is 11.8 Å². The predicted molar refractivity (Wildman–Crippen MR) is 71.5 cm³/mol. The third-order valence-corrected chi connectivity index (χ3v) is 3.68. The molecule has 1 heterocycles. The molecular weight excluding hydrogens is 247 g/mol. The number of benzene rings is 1. The molecule has 1 saturated heterocycles. The Labute approximate surface area is 112 Å². The molecule has 2 rings (SSSR count). The van der Waals surface area contributed by atoms with E-state index in [1.54, 1.807) is 25.2 Å². The van der Waals surface area contributed by atoms with Gasteiger partial charge in [0.05, 0.1) is 12.3 Å². The molecule has 5 heteroatoms. The molecule has 1 fully saturated rings. The first-order chi connectivity index (χ1) is 9.06. The zero-order chi connectivity index (χ0) is 14.0. The monoisotopic (exact) mass is 266 g/mol. The van der Waals surface area contributed by atoms with Crippen molar-refractivity contribution in [1.82, 2.24) is 4.90 Å². The van der Waals surface area contributed by atoms with Crippen molar-refractivity contribution in [1.29, 1.82) is 0 Å². The Bertz CT molecular complexity index is 467. The summed E-state index contributed by atoms with van der Waals surface area (Å²) in [5, 5.41) is 9.39. The highest BCUT2D eigenvalue weighted by Crippen LogP contribution is 2.26. The van der Waals surface area contributed by atoms with Crippen molar-refractivity contribution < 1.29 is 14.3 Å². The smallest absolute Gasteiger partial charge is 0.247 e. The van der Waals surface area contributed by atoms with E-state index >= 15 is 0 Å². The molecule has 2 atom stereocenters. The van der Waals surface area contributed by atoms with Crippen LogP contribution in [0.4, 0.5) is 10.1 Å². The van der Waals surface area contributed by atoms with Crippen molar-refractivity contribution in [3.63, 3.8) is 0 Å². The van der Waals surface area contributed by atoms with Gasteiger partial charge in [-0.25, -0.2) is 4.39 Å². The summed E-state index contributed by atoms with van der Waals surface area (Å²) in [6.07, 6.45) is 0.743. The van der Waals surface area contributed by atoms with Gasteiger partial charge in [0.25, 0.3) is 0 Å². The topological polar surface area (TPSA) is 43.8 Å².